The highest BCUT2D eigenvalue weighted by atomic mass is 28.4. The summed E-state index contributed by atoms with van der Waals surface area (Å²) in [5, 5.41) is 10.6. The number of hydrogen-bond acceptors (Lipinski definition) is 5. The molecule has 1 heterocycles. The summed E-state index contributed by atoms with van der Waals surface area (Å²) in [6, 6.07) is 0. The molecule has 0 aromatic heterocycles. The maximum Gasteiger partial charge on any atom is 0.337 e. The van der Waals surface area contributed by atoms with Crippen LogP contribution in [0.2, 0.25) is 18.1 Å². The molecule has 1 aliphatic heterocycles. The van der Waals surface area contributed by atoms with Crippen LogP contribution < -0.4 is 0 Å². The van der Waals surface area contributed by atoms with E-state index in [-0.39, 0.29) is 17.6 Å². The Bertz CT molecular complexity index is 528. The van der Waals surface area contributed by atoms with Gasteiger partial charge in [0.2, 0.25) is 5.79 Å². The summed E-state index contributed by atoms with van der Waals surface area (Å²) in [5.41, 5.74) is 0. The van der Waals surface area contributed by atoms with Crippen LogP contribution in [0.5, 0.6) is 0 Å². The highest BCUT2D eigenvalue weighted by Gasteiger charge is 2.39. The van der Waals surface area contributed by atoms with Gasteiger partial charge in [-0.2, -0.15) is 0 Å². The van der Waals surface area contributed by atoms with E-state index in [0.717, 1.165) is 0 Å². The quantitative estimate of drug-likeness (QED) is 0.411. The van der Waals surface area contributed by atoms with Gasteiger partial charge in [0.05, 0.1) is 18.3 Å². The van der Waals surface area contributed by atoms with E-state index in [2.05, 4.69) is 33.9 Å². The maximum absolute atomic E-state index is 11.6. The molecule has 6 heteroatoms. The van der Waals surface area contributed by atoms with Crippen LogP contribution in [0.4, 0.5) is 0 Å². The molecule has 2 unspecified atom stereocenters. The lowest BCUT2D eigenvalue weighted by Gasteiger charge is -2.39. The molecule has 0 radical (unpaired) electrons. The first-order chi connectivity index (χ1) is 11.3. The second-order valence-electron chi connectivity index (χ2n) is 8.57. The van der Waals surface area contributed by atoms with Gasteiger partial charge >= 0.3 is 5.97 Å². The average Bonchev–Trinajstić information content (AvgIpc) is 2.33. The number of carbonyl (C=O) groups excluding carboxylic acids is 1. The second kappa shape index (κ2) is 8.06. The van der Waals surface area contributed by atoms with Crippen molar-refractivity contribution in [1.82, 2.24) is 0 Å². The first-order valence-electron chi connectivity index (χ1n) is 8.87. The van der Waals surface area contributed by atoms with Crippen molar-refractivity contribution in [1.29, 1.82) is 0 Å². The molecule has 0 spiro atoms. The number of cyclic esters (lactones) is 1. The summed E-state index contributed by atoms with van der Waals surface area (Å²) >= 11 is 0. The number of aliphatic hydroxyl groups excluding tert-OH is 1. The third-order valence-electron chi connectivity index (χ3n) is 4.60. The summed E-state index contributed by atoms with van der Waals surface area (Å²) in [6.45, 7) is 16.3. The Morgan fingerprint density at radius 1 is 1.32 bits per heavy atom. The third kappa shape index (κ3) is 6.96. The van der Waals surface area contributed by atoms with Crippen LogP contribution in [0, 0.1) is 0 Å². The fourth-order valence-corrected chi connectivity index (χ4v) is 3.67. The Morgan fingerprint density at radius 3 is 2.40 bits per heavy atom. The Morgan fingerprint density at radius 2 is 1.92 bits per heavy atom. The van der Waals surface area contributed by atoms with Gasteiger partial charge in [-0.15, -0.1) is 0 Å². The normalized spacial score (nSPS) is 20.7. The van der Waals surface area contributed by atoms with E-state index in [1.165, 1.54) is 6.08 Å². The topological polar surface area (TPSA) is 65.0 Å². The zero-order valence-electron chi connectivity index (χ0n) is 16.9. The Balaban J connectivity index is 2.74. The molecule has 0 bridgehead atoms. The summed E-state index contributed by atoms with van der Waals surface area (Å²) in [7, 11) is -1.94. The smallest absolute Gasteiger partial charge is 0.337 e. The molecule has 1 aliphatic rings. The van der Waals surface area contributed by atoms with Crippen molar-refractivity contribution in [3.63, 3.8) is 0 Å². The fourth-order valence-electron chi connectivity index (χ4n) is 2.39. The van der Waals surface area contributed by atoms with Crippen molar-refractivity contribution in [3.05, 3.63) is 24.0 Å². The molecule has 5 nitrogen and oxygen atoms in total. The van der Waals surface area contributed by atoms with E-state index in [4.69, 9.17) is 13.9 Å². The van der Waals surface area contributed by atoms with Gasteiger partial charge in [-0.05, 0) is 25.1 Å². The summed E-state index contributed by atoms with van der Waals surface area (Å²) in [5.74, 6) is -0.998. The highest BCUT2D eigenvalue weighted by Crippen LogP contribution is 2.38. The van der Waals surface area contributed by atoms with Crippen molar-refractivity contribution in [3.8, 4) is 0 Å². The Hall–Kier alpha value is -1.11. The minimum atomic E-state index is -1.94. The first-order valence-corrected chi connectivity index (χ1v) is 11.8. The molecule has 0 aromatic rings. The average molecular weight is 371 g/mol. The minimum Gasteiger partial charge on any atom is -0.457 e. The van der Waals surface area contributed by atoms with Crippen LogP contribution in [0.1, 0.15) is 54.4 Å². The van der Waals surface area contributed by atoms with Gasteiger partial charge in [0.1, 0.15) is 5.76 Å². The van der Waals surface area contributed by atoms with Gasteiger partial charge in [-0.25, -0.2) is 4.79 Å². The molecule has 1 N–H and O–H groups in total. The van der Waals surface area contributed by atoms with Gasteiger partial charge in [0, 0.05) is 26.7 Å². The minimum absolute atomic E-state index is 0.0978. The molecular formula is C19H34O5Si. The van der Waals surface area contributed by atoms with Gasteiger partial charge in [0.25, 0.3) is 0 Å². The van der Waals surface area contributed by atoms with E-state index in [1.807, 2.05) is 19.1 Å². The molecule has 0 fully saturated rings. The first kappa shape index (κ1) is 21.9. The highest BCUT2D eigenvalue weighted by molar-refractivity contribution is 6.74. The molecule has 0 aliphatic carbocycles. The van der Waals surface area contributed by atoms with Crippen molar-refractivity contribution >= 4 is 14.3 Å². The molecule has 25 heavy (non-hydrogen) atoms. The molecule has 1 rings (SSSR count). The molecule has 144 valence electrons. The van der Waals surface area contributed by atoms with E-state index in [1.54, 1.807) is 13.8 Å². The van der Waals surface area contributed by atoms with Gasteiger partial charge in [-0.3, -0.25) is 0 Å². The van der Waals surface area contributed by atoms with Crippen LogP contribution in [0.15, 0.2) is 24.0 Å². The van der Waals surface area contributed by atoms with Crippen molar-refractivity contribution in [2.75, 3.05) is 0 Å². The summed E-state index contributed by atoms with van der Waals surface area (Å²) in [6.07, 6.45) is 5.11. The number of hydrogen-bond donors (Lipinski definition) is 1. The summed E-state index contributed by atoms with van der Waals surface area (Å²) < 4.78 is 17.1. The zero-order chi connectivity index (χ0) is 19.5. The third-order valence-corrected chi connectivity index (χ3v) is 9.11. The number of carbonyl (C=O) groups is 1. The molecule has 0 saturated heterocycles. The number of allylic oxidation sites excluding steroid dienone is 1. The summed E-state index contributed by atoms with van der Waals surface area (Å²) in [4.78, 5) is 11.6. The van der Waals surface area contributed by atoms with Crippen LogP contribution in [-0.2, 0) is 18.7 Å². The predicted octanol–water partition coefficient (Wildman–Crippen LogP) is 4.29. The lowest BCUT2D eigenvalue weighted by Crippen LogP contribution is -2.44. The van der Waals surface area contributed by atoms with Crippen LogP contribution in [0.25, 0.3) is 0 Å². The lowest BCUT2D eigenvalue weighted by atomic mass is 10.1. The second-order valence-corrected chi connectivity index (χ2v) is 13.3. The van der Waals surface area contributed by atoms with E-state index < -0.39 is 26.2 Å². The standard InChI is InChI=1S/C19H34O5Si/c1-9-10-15(24-25(7,8)18(2,3)4)11-14(20)12-16-13-17(21)23-19(5,6)22-16/h9-10,13-15,20H,11-12H2,1-8H3/b10-9+. The fraction of sp³-hybridized carbons (Fsp3) is 0.737. The number of esters is 1. The monoisotopic (exact) mass is 370 g/mol. The van der Waals surface area contributed by atoms with Gasteiger partial charge < -0.3 is 19.0 Å². The number of aliphatic hydroxyl groups is 1. The van der Waals surface area contributed by atoms with Crippen molar-refractivity contribution in [2.24, 2.45) is 0 Å². The molecule has 2 atom stereocenters. The molecule has 0 saturated carbocycles. The SMILES string of the molecule is C/C=C/C(CC(O)CC1=CC(=O)OC(C)(C)O1)O[Si](C)(C)C(C)(C)C. The molecule has 0 amide bonds. The van der Waals surface area contributed by atoms with Crippen LogP contribution >= 0.6 is 0 Å². The predicted molar refractivity (Wildman–Crippen MR) is 101 cm³/mol. The number of rotatable bonds is 7. The Kier molecular flexibility index (Phi) is 7.07. The zero-order valence-corrected chi connectivity index (χ0v) is 17.9. The van der Waals surface area contributed by atoms with E-state index in [9.17, 15) is 9.90 Å². The van der Waals surface area contributed by atoms with Gasteiger partial charge in [-0.1, -0.05) is 32.9 Å². The number of ether oxygens (including phenoxy) is 2. The lowest BCUT2D eigenvalue weighted by molar-refractivity contribution is -0.206. The molecular weight excluding hydrogens is 336 g/mol. The van der Waals surface area contributed by atoms with Crippen molar-refractivity contribution < 1.29 is 23.8 Å². The van der Waals surface area contributed by atoms with E-state index >= 15 is 0 Å². The van der Waals surface area contributed by atoms with Crippen LogP contribution in [0.3, 0.4) is 0 Å². The maximum atomic E-state index is 11.6. The van der Waals surface area contributed by atoms with Crippen molar-refractivity contribution in [2.45, 2.75) is 90.5 Å². The largest absolute Gasteiger partial charge is 0.457 e. The molecule has 0 aromatic carbocycles. The van der Waals surface area contributed by atoms with Gasteiger partial charge in [0.15, 0.2) is 8.32 Å². The van der Waals surface area contributed by atoms with E-state index in [0.29, 0.717) is 12.2 Å². The van der Waals surface area contributed by atoms with Crippen LogP contribution in [-0.4, -0.2) is 37.4 Å². The Labute approximate surface area is 153 Å².